The number of rotatable bonds is 5. The summed E-state index contributed by atoms with van der Waals surface area (Å²) in [6.07, 6.45) is 3.33. The van der Waals surface area contributed by atoms with Crippen LogP contribution in [0.3, 0.4) is 0 Å². The molecule has 2 unspecified atom stereocenters. The lowest BCUT2D eigenvalue weighted by atomic mass is 10.1. The Morgan fingerprint density at radius 2 is 2.25 bits per heavy atom. The molecule has 1 aromatic rings. The molecule has 3 nitrogen and oxygen atoms in total. The Labute approximate surface area is 129 Å². The minimum absolute atomic E-state index is 0.0380. The van der Waals surface area contributed by atoms with Crippen molar-refractivity contribution in [1.29, 1.82) is 0 Å². The molecular formula is C15H21ClN2OS. The molecule has 1 amide bonds. The fourth-order valence-corrected chi connectivity index (χ4v) is 3.96. The van der Waals surface area contributed by atoms with Crippen molar-refractivity contribution in [2.24, 2.45) is 0 Å². The summed E-state index contributed by atoms with van der Waals surface area (Å²) in [5.74, 6) is 1.10. The highest BCUT2D eigenvalue weighted by Gasteiger charge is 2.26. The second-order valence-corrected chi connectivity index (χ2v) is 7.01. The van der Waals surface area contributed by atoms with Gasteiger partial charge >= 0.3 is 0 Å². The maximum Gasteiger partial charge on any atom is 0.253 e. The van der Waals surface area contributed by atoms with Gasteiger partial charge in [-0.3, -0.25) is 4.79 Å². The summed E-state index contributed by atoms with van der Waals surface area (Å²) in [7, 11) is 1.81. The molecule has 5 heteroatoms. The molecule has 20 heavy (non-hydrogen) atoms. The van der Waals surface area contributed by atoms with E-state index in [1.54, 1.807) is 12.1 Å². The summed E-state index contributed by atoms with van der Waals surface area (Å²) in [6, 6.07) is 5.63. The zero-order valence-corrected chi connectivity index (χ0v) is 13.5. The maximum atomic E-state index is 12.4. The van der Waals surface area contributed by atoms with E-state index in [0.29, 0.717) is 15.8 Å². The van der Waals surface area contributed by atoms with E-state index in [1.807, 2.05) is 24.9 Å². The summed E-state index contributed by atoms with van der Waals surface area (Å²) in [5.41, 5.74) is 1.43. The van der Waals surface area contributed by atoms with Gasteiger partial charge in [0.1, 0.15) is 0 Å². The number of carbonyl (C=O) groups is 1. The van der Waals surface area contributed by atoms with Crippen LogP contribution in [0.15, 0.2) is 18.2 Å². The number of halogens is 1. The Morgan fingerprint density at radius 1 is 1.45 bits per heavy atom. The van der Waals surface area contributed by atoms with E-state index in [1.165, 1.54) is 6.42 Å². The molecule has 1 saturated carbocycles. The minimum atomic E-state index is -0.0380. The van der Waals surface area contributed by atoms with Crippen LogP contribution in [0.25, 0.3) is 0 Å². The quantitative estimate of drug-likeness (QED) is 0.869. The molecular weight excluding hydrogens is 292 g/mol. The van der Waals surface area contributed by atoms with Crippen molar-refractivity contribution in [2.75, 3.05) is 18.1 Å². The average molecular weight is 313 g/mol. The number of anilines is 1. The van der Waals surface area contributed by atoms with Crippen LogP contribution in [0.5, 0.6) is 0 Å². The van der Waals surface area contributed by atoms with Gasteiger partial charge in [-0.1, -0.05) is 18.5 Å². The van der Waals surface area contributed by atoms with Gasteiger partial charge in [-0.05, 0) is 43.2 Å². The van der Waals surface area contributed by atoms with Gasteiger partial charge in [-0.2, -0.15) is 11.8 Å². The largest absolute Gasteiger partial charge is 0.387 e. The number of carbonyl (C=O) groups excluding carboxylic acids is 1. The Morgan fingerprint density at radius 3 is 2.95 bits per heavy atom. The van der Waals surface area contributed by atoms with Crippen LogP contribution in [-0.2, 0) is 0 Å². The third-order valence-electron chi connectivity index (χ3n) is 3.62. The van der Waals surface area contributed by atoms with Crippen LogP contribution in [0.2, 0.25) is 5.02 Å². The van der Waals surface area contributed by atoms with Gasteiger partial charge < -0.3 is 10.6 Å². The van der Waals surface area contributed by atoms with E-state index in [4.69, 9.17) is 11.6 Å². The molecule has 0 heterocycles. The topological polar surface area (TPSA) is 41.1 Å². The first kappa shape index (κ1) is 15.5. The van der Waals surface area contributed by atoms with Crippen molar-refractivity contribution in [3.8, 4) is 0 Å². The smallest absolute Gasteiger partial charge is 0.253 e. The van der Waals surface area contributed by atoms with Crippen molar-refractivity contribution in [1.82, 2.24) is 5.32 Å². The lowest BCUT2D eigenvalue weighted by Crippen LogP contribution is -2.33. The molecule has 110 valence electrons. The van der Waals surface area contributed by atoms with Gasteiger partial charge in [0, 0.05) is 29.0 Å². The van der Waals surface area contributed by atoms with Gasteiger partial charge in [0.15, 0.2) is 0 Å². The number of amides is 1. The molecule has 2 N–H and O–H groups in total. The van der Waals surface area contributed by atoms with Crippen molar-refractivity contribution in [3.63, 3.8) is 0 Å². The fourth-order valence-electron chi connectivity index (χ4n) is 2.64. The number of benzene rings is 1. The van der Waals surface area contributed by atoms with Crippen molar-refractivity contribution >= 4 is 35.0 Å². The Kier molecular flexibility index (Phi) is 5.61. The summed E-state index contributed by atoms with van der Waals surface area (Å²) < 4.78 is 0. The first-order chi connectivity index (χ1) is 9.63. The van der Waals surface area contributed by atoms with Crippen LogP contribution >= 0.6 is 23.4 Å². The number of hydrogen-bond acceptors (Lipinski definition) is 3. The van der Waals surface area contributed by atoms with Crippen LogP contribution in [0.1, 0.15) is 36.5 Å². The zero-order chi connectivity index (χ0) is 14.5. The Hall–Kier alpha value is -0.870. The molecule has 1 aromatic carbocycles. The van der Waals surface area contributed by atoms with Crippen molar-refractivity contribution in [3.05, 3.63) is 28.8 Å². The number of hydrogen-bond donors (Lipinski definition) is 2. The van der Waals surface area contributed by atoms with Gasteiger partial charge in [-0.25, -0.2) is 0 Å². The minimum Gasteiger partial charge on any atom is -0.387 e. The van der Waals surface area contributed by atoms with Crippen LogP contribution in [0, 0.1) is 0 Å². The third-order valence-corrected chi connectivity index (χ3v) is 5.09. The molecule has 0 radical (unpaired) electrons. The van der Waals surface area contributed by atoms with Crippen LogP contribution in [-0.4, -0.2) is 30.0 Å². The Bertz CT molecular complexity index is 481. The standard InChI is InChI=1S/C15H21ClN2OS/c1-3-20-12-6-5-11(9-12)18-15(19)13-8-10(16)4-7-14(13)17-2/h4,7-8,11-12,17H,3,5-6,9H2,1-2H3,(H,18,19). The van der Waals surface area contributed by atoms with E-state index < -0.39 is 0 Å². The molecule has 1 aliphatic rings. The number of nitrogens with one attached hydrogen (secondary N) is 2. The van der Waals surface area contributed by atoms with E-state index in [9.17, 15) is 4.79 Å². The van der Waals surface area contributed by atoms with Gasteiger partial charge in [-0.15, -0.1) is 0 Å². The Balaban J connectivity index is 2.00. The van der Waals surface area contributed by atoms with Crippen molar-refractivity contribution in [2.45, 2.75) is 37.5 Å². The lowest BCUT2D eigenvalue weighted by molar-refractivity contribution is 0.0939. The molecule has 1 fully saturated rings. The highest BCUT2D eigenvalue weighted by atomic mass is 35.5. The molecule has 0 aromatic heterocycles. The third kappa shape index (κ3) is 3.83. The van der Waals surface area contributed by atoms with Crippen LogP contribution < -0.4 is 10.6 Å². The van der Waals surface area contributed by atoms with E-state index in [0.717, 1.165) is 24.3 Å². The zero-order valence-electron chi connectivity index (χ0n) is 11.9. The maximum absolute atomic E-state index is 12.4. The average Bonchev–Trinajstić information content (AvgIpc) is 2.86. The summed E-state index contributed by atoms with van der Waals surface area (Å²) in [5, 5.41) is 7.44. The normalized spacial score (nSPS) is 21.8. The highest BCUT2D eigenvalue weighted by molar-refractivity contribution is 7.99. The first-order valence-electron chi connectivity index (χ1n) is 7.03. The summed E-state index contributed by atoms with van der Waals surface area (Å²) >= 11 is 7.98. The number of thioether (sulfide) groups is 1. The SMILES string of the molecule is CCSC1CCC(NC(=O)c2cc(Cl)ccc2NC)C1. The fraction of sp³-hybridized carbons (Fsp3) is 0.533. The van der Waals surface area contributed by atoms with E-state index in [2.05, 4.69) is 17.6 Å². The van der Waals surface area contributed by atoms with Gasteiger partial charge in [0.25, 0.3) is 5.91 Å². The van der Waals surface area contributed by atoms with E-state index in [-0.39, 0.29) is 11.9 Å². The second-order valence-electron chi connectivity index (χ2n) is 5.00. The molecule has 0 bridgehead atoms. The van der Waals surface area contributed by atoms with E-state index >= 15 is 0 Å². The molecule has 2 rings (SSSR count). The predicted molar refractivity (Wildman–Crippen MR) is 88.0 cm³/mol. The summed E-state index contributed by atoms with van der Waals surface area (Å²) in [6.45, 7) is 2.18. The van der Waals surface area contributed by atoms with Gasteiger partial charge in [0.05, 0.1) is 5.56 Å². The monoisotopic (exact) mass is 312 g/mol. The molecule has 0 spiro atoms. The van der Waals surface area contributed by atoms with Crippen LogP contribution in [0.4, 0.5) is 5.69 Å². The molecule has 1 aliphatic carbocycles. The predicted octanol–water partition coefficient (Wildman–Crippen LogP) is 3.79. The van der Waals surface area contributed by atoms with Crippen molar-refractivity contribution < 1.29 is 4.79 Å². The van der Waals surface area contributed by atoms with Gasteiger partial charge in [0.2, 0.25) is 0 Å². The molecule has 0 saturated heterocycles. The summed E-state index contributed by atoms with van der Waals surface area (Å²) in [4.78, 5) is 12.4. The highest BCUT2D eigenvalue weighted by Crippen LogP contribution is 2.30. The lowest BCUT2D eigenvalue weighted by Gasteiger charge is -2.15. The second kappa shape index (κ2) is 7.23. The molecule has 0 aliphatic heterocycles. The first-order valence-corrected chi connectivity index (χ1v) is 8.46. The molecule has 2 atom stereocenters.